The molecule has 2 rings (SSSR count). The van der Waals surface area contributed by atoms with E-state index in [1.807, 2.05) is 31.2 Å². The average Bonchev–Trinajstić information content (AvgIpc) is 2.76. The lowest BCUT2D eigenvalue weighted by molar-refractivity contribution is 0.0964. The molecular formula is C14H14O3. The Morgan fingerprint density at radius 3 is 2.71 bits per heavy atom. The molecule has 0 unspecified atom stereocenters. The maximum Gasteiger partial charge on any atom is 0.202 e. The molecule has 3 nitrogen and oxygen atoms in total. The fourth-order valence-corrected chi connectivity index (χ4v) is 1.76. The highest BCUT2D eigenvalue weighted by Gasteiger charge is 2.15. The van der Waals surface area contributed by atoms with E-state index >= 15 is 0 Å². The van der Waals surface area contributed by atoms with E-state index in [-0.39, 0.29) is 5.78 Å². The number of methoxy groups -OCH3 is 1. The minimum Gasteiger partial charge on any atom is -0.496 e. The first-order valence-corrected chi connectivity index (χ1v) is 5.41. The number of furan rings is 1. The van der Waals surface area contributed by atoms with Gasteiger partial charge in [0.05, 0.1) is 13.4 Å². The van der Waals surface area contributed by atoms with Crippen LogP contribution in [0.3, 0.4) is 0 Å². The molecule has 0 radical (unpaired) electrons. The number of ketones is 1. The van der Waals surface area contributed by atoms with E-state index in [0.29, 0.717) is 12.2 Å². The van der Waals surface area contributed by atoms with Crippen LogP contribution in [0, 0.1) is 6.92 Å². The fraction of sp³-hybridized carbons (Fsp3) is 0.214. The van der Waals surface area contributed by atoms with Gasteiger partial charge in [0, 0.05) is 12.0 Å². The highest BCUT2D eigenvalue weighted by Crippen LogP contribution is 2.20. The summed E-state index contributed by atoms with van der Waals surface area (Å²) in [5.41, 5.74) is 1.74. The largest absolute Gasteiger partial charge is 0.496 e. The minimum absolute atomic E-state index is 0.0306. The van der Waals surface area contributed by atoms with E-state index in [9.17, 15) is 4.79 Å². The Morgan fingerprint density at radius 1 is 1.29 bits per heavy atom. The van der Waals surface area contributed by atoms with Crippen LogP contribution in [-0.4, -0.2) is 12.9 Å². The van der Waals surface area contributed by atoms with Crippen molar-refractivity contribution in [3.8, 4) is 5.75 Å². The lowest BCUT2D eigenvalue weighted by Gasteiger charge is -2.06. The second kappa shape index (κ2) is 4.87. The van der Waals surface area contributed by atoms with Crippen molar-refractivity contribution < 1.29 is 13.9 Å². The number of ether oxygens (including phenoxy) is 1. The van der Waals surface area contributed by atoms with Crippen LogP contribution < -0.4 is 4.74 Å². The van der Waals surface area contributed by atoms with E-state index in [1.54, 1.807) is 13.2 Å². The smallest absolute Gasteiger partial charge is 0.202 e. The second-order valence-electron chi connectivity index (χ2n) is 3.84. The number of para-hydroxylation sites is 1. The topological polar surface area (TPSA) is 39.4 Å². The predicted octanol–water partition coefficient (Wildman–Crippen LogP) is 3.02. The first-order chi connectivity index (χ1) is 8.22. The third-order valence-corrected chi connectivity index (χ3v) is 2.66. The van der Waals surface area contributed by atoms with Gasteiger partial charge in [0.1, 0.15) is 5.75 Å². The Kier molecular flexibility index (Phi) is 3.28. The molecule has 0 atom stereocenters. The monoisotopic (exact) mass is 230 g/mol. The lowest BCUT2D eigenvalue weighted by atomic mass is 10.0. The third kappa shape index (κ3) is 2.38. The number of benzene rings is 1. The molecule has 0 fully saturated rings. The SMILES string of the molecule is COc1ccccc1CC(=O)c1occc1C. The van der Waals surface area contributed by atoms with Crippen molar-refractivity contribution in [1.82, 2.24) is 0 Å². The Hall–Kier alpha value is -2.03. The number of carbonyl (C=O) groups excluding carboxylic acids is 1. The standard InChI is InChI=1S/C14H14O3/c1-10-7-8-17-14(10)12(15)9-11-5-3-4-6-13(11)16-2/h3-8H,9H2,1-2H3. The van der Waals surface area contributed by atoms with E-state index in [0.717, 1.165) is 16.9 Å². The summed E-state index contributed by atoms with van der Waals surface area (Å²) in [6, 6.07) is 9.28. The van der Waals surface area contributed by atoms with Crippen LogP contribution in [0.2, 0.25) is 0 Å². The number of aryl methyl sites for hydroxylation is 1. The van der Waals surface area contributed by atoms with Gasteiger partial charge in [0.25, 0.3) is 0 Å². The van der Waals surface area contributed by atoms with Crippen LogP contribution in [0.1, 0.15) is 21.7 Å². The summed E-state index contributed by atoms with van der Waals surface area (Å²) in [7, 11) is 1.60. The molecule has 0 N–H and O–H groups in total. The Labute approximate surface area is 100 Å². The van der Waals surface area contributed by atoms with Gasteiger partial charge in [-0.2, -0.15) is 0 Å². The first-order valence-electron chi connectivity index (χ1n) is 5.41. The van der Waals surface area contributed by atoms with Crippen LogP contribution in [0.4, 0.5) is 0 Å². The zero-order chi connectivity index (χ0) is 12.3. The maximum absolute atomic E-state index is 12.0. The highest BCUT2D eigenvalue weighted by molar-refractivity contribution is 5.96. The van der Waals surface area contributed by atoms with Crippen LogP contribution >= 0.6 is 0 Å². The van der Waals surface area contributed by atoms with Crippen molar-refractivity contribution >= 4 is 5.78 Å². The summed E-state index contributed by atoms with van der Waals surface area (Å²) in [6.07, 6.45) is 1.82. The van der Waals surface area contributed by atoms with E-state index in [2.05, 4.69) is 0 Å². The van der Waals surface area contributed by atoms with Crippen molar-refractivity contribution in [3.05, 3.63) is 53.5 Å². The minimum atomic E-state index is -0.0306. The zero-order valence-corrected chi connectivity index (χ0v) is 9.90. The van der Waals surface area contributed by atoms with Gasteiger partial charge in [0.2, 0.25) is 5.78 Å². The molecule has 2 aromatic rings. The zero-order valence-electron chi connectivity index (χ0n) is 9.90. The molecule has 0 amide bonds. The molecule has 0 aliphatic heterocycles. The lowest BCUT2D eigenvalue weighted by Crippen LogP contribution is -2.05. The Bertz CT molecular complexity index is 526. The van der Waals surface area contributed by atoms with Crippen LogP contribution in [0.15, 0.2) is 41.0 Å². The van der Waals surface area contributed by atoms with Gasteiger partial charge in [-0.05, 0) is 24.6 Å². The van der Waals surface area contributed by atoms with Crippen LogP contribution in [-0.2, 0) is 6.42 Å². The predicted molar refractivity (Wildman–Crippen MR) is 64.5 cm³/mol. The molecule has 1 aromatic carbocycles. The van der Waals surface area contributed by atoms with E-state index in [4.69, 9.17) is 9.15 Å². The molecule has 0 spiro atoms. The second-order valence-corrected chi connectivity index (χ2v) is 3.84. The molecule has 1 aromatic heterocycles. The third-order valence-electron chi connectivity index (χ3n) is 2.66. The number of hydrogen-bond acceptors (Lipinski definition) is 3. The van der Waals surface area contributed by atoms with E-state index < -0.39 is 0 Å². The van der Waals surface area contributed by atoms with Gasteiger partial charge in [0.15, 0.2) is 5.76 Å². The molecule has 0 aliphatic carbocycles. The maximum atomic E-state index is 12.0. The van der Waals surface area contributed by atoms with Crippen LogP contribution in [0.5, 0.6) is 5.75 Å². The number of Topliss-reactive ketones (excluding diaryl/α,β-unsaturated/α-hetero) is 1. The van der Waals surface area contributed by atoms with Gasteiger partial charge >= 0.3 is 0 Å². The molecule has 17 heavy (non-hydrogen) atoms. The highest BCUT2D eigenvalue weighted by atomic mass is 16.5. The van der Waals surface area contributed by atoms with Crippen molar-refractivity contribution in [2.24, 2.45) is 0 Å². The summed E-state index contributed by atoms with van der Waals surface area (Å²) in [5, 5.41) is 0. The normalized spacial score (nSPS) is 10.2. The number of hydrogen-bond donors (Lipinski definition) is 0. The quantitative estimate of drug-likeness (QED) is 0.758. The van der Waals surface area contributed by atoms with Gasteiger partial charge in [-0.25, -0.2) is 0 Å². The number of carbonyl (C=O) groups is 1. The fourth-order valence-electron chi connectivity index (χ4n) is 1.76. The van der Waals surface area contributed by atoms with Crippen molar-refractivity contribution in [3.63, 3.8) is 0 Å². The summed E-state index contributed by atoms with van der Waals surface area (Å²) in [4.78, 5) is 12.0. The van der Waals surface area contributed by atoms with Crippen molar-refractivity contribution in [1.29, 1.82) is 0 Å². The average molecular weight is 230 g/mol. The number of rotatable bonds is 4. The first kappa shape index (κ1) is 11.5. The molecule has 3 heteroatoms. The summed E-state index contributed by atoms with van der Waals surface area (Å²) in [6.45, 7) is 1.86. The molecule has 1 heterocycles. The molecule has 88 valence electrons. The van der Waals surface area contributed by atoms with Gasteiger partial charge in [-0.1, -0.05) is 18.2 Å². The molecule has 0 saturated carbocycles. The summed E-state index contributed by atoms with van der Waals surface area (Å²) < 4.78 is 10.4. The van der Waals surface area contributed by atoms with Crippen LogP contribution in [0.25, 0.3) is 0 Å². The van der Waals surface area contributed by atoms with Gasteiger partial charge in [-0.3, -0.25) is 4.79 Å². The molecule has 0 bridgehead atoms. The van der Waals surface area contributed by atoms with Crippen molar-refractivity contribution in [2.75, 3.05) is 7.11 Å². The van der Waals surface area contributed by atoms with Crippen molar-refractivity contribution in [2.45, 2.75) is 13.3 Å². The Balaban J connectivity index is 2.22. The van der Waals surface area contributed by atoms with Gasteiger partial charge in [-0.15, -0.1) is 0 Å². The van der Waals surface area contributed by atoms with Gasteiger partial charge < -0.3 is 9.15 Å². The molecule has 0 aliphatic rings. The summed E-state index contributed by atoms with van der Waals surface area (Å²) >= 11 is 0. The molecular weight excluding hydrogens is 216 g/mol. The Morgan fingerprint density at radius 2 is 2.06 bits per heavy atom. The molecule has 0 saturated heterocycles. The summed E-state index contributed by atoms with van der Waals surface area (Å²) in [5.74, 6) is 1.12. The van der Waals surface area contributed by atoms with E-state index in [1.165, 1.54) is 6.26 Å².